The molecule has 0 unspecified atom stereocenters. The molecule has 0 aromatic carbocycles. The minimum Gasteiger partial charge on any atom is -0.307 e. The van der Waals surface area contributed by atoms with Gasteiger partial charge in [0, 0.05) is 23.4 Å². The van der Waals surface area contributed by atoms with Gasteiger partial charge in [0.25, 0.3) is 0 Å². The summed E-state index contributed by atoms with van der Waals surface area (Å²) in [4.78, 5) is 16.0. The van der Waals surface area contributed by atoms with Gasteiger partial charge in [-0.2, -0.15) is 5.10 Å². The van der Waals surface area contributed by atoms with Crippen molar-refractivity contribution in [2.45, 2.75) is 39.0 Å². The van der Waals surface area contributed by atoms with Gasteiger partial charge in [-0.1, -0.05) is 32.8 Å². The number of aromatic nitrogens is 2. The number of hydrogen-bond donors (Lipinski definition) is 0. The Morgan fingerprint density at radius 3 is 2.77 bits per heavy atom. The molecule has 1 aromatic heterocycles. The van der Waals surface area contributed by atoms with Gasteiger partial charge in [-0.25, -0.2) is 4.85 Å². The van der Waals surface area contributed by atoms with E-state index in [4.69, 9.17) is 13.0 Å². The lowest BCUT2D eigenvalue weighted by Gasteiger charge is -2.49. The normalized spacial score (nSPS) is 28.9. The fourth-order valence-corrected chi connectivity index (χ4v) is 4.37. The number of Topliss-reactive ketones (excluding diaryl/α,β-unsaturated/α-hetero) is 1. The molecule has 1 heterocycles. The minimum atomic E-state index is -0.561. The van der Waals surface area contributed by atoms with Crippen LogP contribution in [0.4, 0.5) is 0 Å². The van der Waals surface area contributed by atoms with Crippen molar-refractivity contribution in [3.8, 4) is 12.3 Å². The van der Waals surface area contributed by atoms with Crippen molar-refractivity contribution >= 4 is 5.78 Å². The van der Waals surface area contributed by atoms with Gasteiger partial charge in [0.1, 0.15) is 5.69 Å². The fraction of sp³-hybridized carbons (Fsp3) is 0.500. The smallest absolute Gasteiger partial charge is 0.226 e. The fourth-order valence-electron chi connectivity index (χ4n) is 4.37. The molecule has 0 saturated heterocycles. The Labute approximate surface area is 131 Å². The predicted octanol–water partition coefficient (Wildman–Crippen LogP) is 2.63. The summed E-state index contributed by atoms with van der Waals surface area (Å²) in [6.45, 7) is 13.3. The van der Waals surface area contributed by atoms with Crippen molar-refractivity contribution in [3.63, 3.8) is 0 Å². The highest BCUT2D eigenvalue weighted by molar-refractivity contribution is 6.02. The van der Waals surface area contributed by atoms with Gasteiger partial charge in [-0.15, -0.1) is 6.42 Å². The van der Waals surface area contributed by atoms with E-state index in [1.165, 1.54) is 0 Å². The van der Waals surface area contributed by atoms with Crippen LogP contribution in [0.3, 0.4) is 0 Å². The molecule has 0 bridgehead atoms. The molecule has 0 radical (unpaired) electrons. The molecule has 1 aromatic rings. The first-order valence-electron chi connectivity index (χ1n) is 7.45. The molecule has 4 nitrogen and oxygen atoms in total. The largest absolute Gasteiger partial charge is 0.307 e. The first-order chi connectivity index (χ1) is 10.3. The molecule has 112 valence electrons. The third kappa shape index (κ3) is 1.58. The Bertz CT molecular complexity index is 798. The zero-order valence-electron chi connectivity index (χ0n) is 13.4. The maximum absolute atomic E-state index is 12.6. The van der Waals surface area contributed by atoms with Crippen molar-refractivity contribution in [2.24, 2.45) is 18.4 Å². The molecule has 4 heteroatoms. The Kier molecular flexibility index (Phi) is 2.88. The Morgan fingerprint density at radius 1 is 1.50 bits per heavy atom. The zero-order chi connectivity index (χ0) is 16.3. The van der Waals surface area contributed by atoms with E-state index in [0.717, 1.165) is 29.8 Å². The van der Waals surface area contributed by atoms with Crippen molar-refractivity contribution in [3.05, 3.63) is 40.1 Å². The quantitative estimate of drug-likeness (QED) is 0.545. The molecule has 0 saturated carbocycles. The van der Waals surface area contributed by atoms with Crippen molar-refractivity contribution in [1.82, 2.24) is 9.78 Å². The van der Waals surface area contributed by atoms with Gasteiger partial charge >= 0.3 is 0 Å². The third-order valence-electron chi connectivity index (χ3n) is 5.45. The maximum atomic E-state index is 12.6. The number of ketones is 1. The first-order valence-corrected chi connectivity index (χ1v) is 7.45. The molecule has 22 heavy (non-hydrogen) atoms. The van der Waals surface area contributed by atoms with Crippen molar-refractivity contribution in [1.29, 1.82) is 0 Å². The maximum Gasteiger partial charge on any atom is 0.226 e. The number of terminal acetylenes is 1. The molecule has 2 aliphatic carbocycles. The summed E-state index contributed by atoms with van der Waals surface area (Å²) in [6.07, 6.45) is 9.17. The second-order valence-corrected chi connectivity index (χ2v) is 7.01. The van der Waals surface area contributed by atoms with Crippen LogP contribution in [0.15, 0.2) is 11.8 Å². The minimum absolute atomic E-state index is 0.0541. The molecular formula is C18H19N3O. The van der Waals surface area contributed by atoms with Crippen LogP contribution < -0.4 is 0 Å². The highest BCUT2D eigenvalue weighted by Crippen LogP contribution is 2.54. The Balaban J connectivity index is 2.32. The van der Waals surface area contributed by atoms with Gasteiger partial charge in [-0.05, 0) is 18.8 Å². The van der Waals surface area contributed by atoms with Gasteiger partial charge in [-0.3, -0.25) is 4.68 Å². The van der Waals surface area contributed by atoms with E-state index < -0.39 is 10.8 Å². The molecule has 0 aliphatic heterocycles. The van der Waals surface area contributed by atoms with Gasteiger partial charge < -0.3 is 4.79 Å². The van der Waals surface area contributed by atoms with Crippen LogP contribution in [0.2, 0.25) is 0 Å². The summed E-state index contributed by atoms with van der Waals surface area (Å²) in [6, 6.07) is 0. The number of allylic oxidation sites excluding steroid dienone is 2. The summed E-state index contributed by atoms with van der Waals surface area (Å²) in [7, 11) is 1.85. The van der Waals surface area contributed by atoms with Gasteiger partial charge in [0.05, 0.1) is 12.3 Å². The van der Waals surface area contributed by atoms with Crippen molar-refractivity contribution < 1.29 is 4.79 Å². The molecule has 2 aliphatic rings. The van der Waals surface area contributed by atoms with Crippen LogP contribution in [0, 0.1) is 30.2 Å². The van der Waals surface area contributed by atoms with Gasteiger partial charge in [0.2, 0.25) is 5.70 Å². The summed E-state index contributed by atoms with van der Waals surface area (Å²) in [5.74, 6) is 2.80. The SMILES string of the molecule is [C-]#[N+]C1=C[C@]2(C)c3nn(C)c(C#C)c3CC[C@H]2C(C)(C)C1=O. The summed E-state index contributed by atoms with van der Waals surface area (Å²) in [5.41, 5.74) is 2.08. The molecule has 0 spiro atoms. The number of fused-ring (bicyclic) bond motifs is 3. The summed E-state index contributed by atoms with van der Waals surface area (Å²) < 4.78 is 1.74. The average molecular weight is 293 g/mol. The molecule has 3 rings (SSSR count). The first kappa shape index (κ1) is 14.6. The summed E-state index contributed by atoms with van der Waals surface area (Å²) >= 11 is 0. The van der Waals surface area contributed by atoms with E-state index >= 15 is 0 Å². The van der Waals surface area contributed by atoms with Crippen LogP contribution in [0.25, 0.3) is 4.85 Å². The van der Waals surface area contributed by atoms with Crippen molar-refractivity contribution in [2.75, 3.05) is 0 Å². The third-order valence-corrected chi connectivity index (χ3v) is 5.45. The van der Waals surface area contributed by atoms with E-state index in [1.807, 2.05) is 27.0 Å². The molecule has 0 fully saturated rings. The Hall–Kier alpha value is -2.33. The monoisotopic (exact) mass is 293 g/mol. The topological polar surface area (TPSA) is 39.2 Å². The molecule has 2 atom stereocenters. The van der Waals surface area contributed by atoms with Crippen LogP contribution >= 0.6 is 0 Å². The highest BCUT2D eigenvalue weighted by Gasteiger charge is 2.55. The number of nitrogens with zero attached hydrogens (tertiary/aromatic N) is 3. The number of hydrogen-bond acceptors (Lipinski definition) is 2. The number of aryl methyl sites for hydroxylation is 1. The lowest BCUT2D eigenvalue weighted by atomic mass is 9.53. The van der Waals surface area contributed by atoms with E-state index in [0.29, 0.717) is 0 Å². The van der Waals surface area contributed by atoms with Crippen LogP contribution in [0.1, 0.15) is 44.1 Å². The molecule has 0 amide bonds. The van der Waals surface area contributed by atoms with E-state index in [1.54, 1.807) is 4.68 Å². The highest BCUT2D eigenvalue weighted by atomic mass is 16.1. The van der Waals surface area contributed by atoms with Crippen LogP contribution in [0.5, 0.6) is 0 Å². The van der Waals surface area contributed by atoms with E-state index in [2.05, 4.69) is 22.8 Å². The predicted molar refractivity (Wildman–Crippen MR) is 83.8 cm³/mol. The molecular weight excluding hydrogens is 274 g/mol. The second-order valence-electron chi connectivity index (χ2n) is 7.01. The van der Waals surface area contributed by atoms with Crippen LogP contribution in [-0.4, -0.2) is 15.6 Å². The van der Waals surface area contributed by atoms with Crippen LogP contribution in [-0.2, 0) is 23.7 Å². The lowest BCUT2D eigenvalue weighted by Crippen LogP contribution is -2.50. The average Bonchev–Trinajstić information content (AvgIpc) is 2.80. The molecule has 0 N–H and O–H groups in total. The number of carbonyl (C=O) groups is 1. The van der Waals surface area contributed by atoms with E-state index in [9.17, 15) is 4.79 Å². The summed E-state index contributed by atoms with van der Waals surface area (Å²) in [5, 5.41) is 4.65. The Morgan fingerprint density at radius 2 is 2.18 bits per heavy atom. The number of rotatable bonds is 0. The van der Waals surface area contributed by atoms with Gasteiger partial charge in [0.15, 0.2) is 5.78 Å². The second kappa shape index (κ2) is 4.34. The zero-order valence-corrected chi connectivity index (χ0v) is 13.4. The standard InChI is InChI=1S/C18H19N3O/c1-7-13-11-8-9-14-17(2,3)16(22)12(19-5)10-18(14,4)15(11)20-21(13)6/h1,10,14H,8-9H2,2-4,6H3/t14-,18-/m0/s1. The number of carbonyl (C=O) groups excluding carboxylic acids is 1. The lowest BCUT2D eigenvalue weighted by molar-refractivity contribution is -0.128. The van der Waals surface area contributed by atoms with E-state index in [-0.39, 0.29) is 17.4 Å².